The average Bonchev–Trinajstić information content (AvgIpc) is 2.95. The van der Waals surface area contributed by atoms with E-state index in [1.807, 2.05) is 17.8 Å². The number of nitro groups is 1. The van der Waals surface area contributed by atoms with Gasteiger partial charge in [-0.3, -0.25) is 10.1 Å². The Morgan fingerprint density at radius 2 is 2.41 bits per heavy atom. The van der Waals surface area contributed by atoms with Crippen molar-refractivity contribution in [2.24, 2.45) is 0 Å². The molecule has 1 N–H and O–H groups in total. The Bertz CT molecular complexity index is 623. The fourth-order valence-corrected chi connectivity index (χ4v) is 4.49. The molecule has 22 heavy (non-hydrogen) atoms. The van der Waals surface area contributed by atoms with Gasteiger partial charge in [-0.2, -0.15) is 17.0 Å². The quantitative estimate of drug-likeness (QED) is 0.680. The minimum atomic E-state index is -0.441. The molecule has 0 saturated carbocycles. The number of hydrogen-bond acceptors (Lipinski definition) is 6. The van der Waals surface area contributed by atoms with Crippen LogP contribution in [0, 0.1) is 21.4 Å². The predicted molar refractivity (Wildman–Crippen MR) is 85.1 cm³/mol. The number of nitro benzene ring substituents is 1. The molecule has 0 amide bonds. The molecule has 0 radical (unpaired) electrons. The maximum atomic E-state index is 11.2. The van der Waals surface area contributed by atoms with Crippen LogP contribution in [0.15, 0.2) is 18.2 Å². The van der Waals surface area contributed by atoms with Crippen molar-refractivity contribution in [2.45, 2.75) is 30.9 Å². The number of ether oxygens (including phenoxy) is 1. The summed E-state index contributed by atoms with van der Waals surface area (Å²) in [6.45, 7) is 0.683. The third kappa shape index (κ3) is 3.03. The van der Waals surface area contributed by atoms with Crippen molar-refractivity contribution < 1.29 is 9.66 Å². The first kappa shape index (κ1) is 15.1. The fraction of sp³-hybridized carbons (Fsp3) is 0.533. The van der Waals surface area contributed by atoms with Gasteiger partial charge in [0.25, 0.3) is 5.69 Å². The molecule has 2 aliphatic heterocycles. The molecule has 2 saturated heterocycles. The highest BCUT2D eigenvalue weighted by Gasteiger charge is 2.40. The second-order valence-corrected chi connectivity index (χ2v) is 6.87. The van der Waals surface area contributed by atoms with E-state index in [1.54, 1.807) is 12.1 Å². The zero-order chi connectivity index (χ0) is 15.6. The Labute approximate surface area is 133 Å². The molecular formula is C15H17N3O3S. The molecule has 1 aromatic rings. The minimum Gasteiger partial charge on any atom is -0.377 e. The Morgan fingerprint density at radius 1 is 1.55 bits per heavy atom. The van der Waals surface area contributed by atoms with Crippen molar-refractivity contribution in [1.29, 1.82) is 5.26 Å². The van der Waals surface area contributed by atoms with Crippen molar-refractivity contribution in [3.63, 3.8) is 0 Å². The van der Waals surface area contributed by atoms with Gasteiger partial charge in [0.2, 0.25) is 0 Å². The molecule has 116 valence electrons. The van der Waals surface area contributed by atoms with Crippen LogP contribution < -0.4 is 5.32 Å². The van der Waals surface area contributed by atoms with Crippen LogP contribution >= 0.6 is 11.8 Å². The maximum Gasteiger partial charge on any atom is 0.293 e. The summed E-state index contributed by atoms with van der Waals surface area (Å²) in [5.41, 5.74) is 0.673. The summed E-state index contributed by atoms with van der Waals surface area (Å²) in [7, 11) is 0. The lowest BCUT2D eigenvalue weighted by Gasteiger charge is -2.38. The molecule has 2 heterocycles. The number of benzene rings is 1. The number of hydrogen-bond donors (Lipinski definition) is 1. The van der Waals surface area contributed by atoms with Crippen LogP contribution in [0.1, 0.15) is 24.8 Å². The monoisotopic (exact) mass is 319 g/mol. The van der Waals surface area contributed by atoms with Gasteiger partial charge in [-0.05, 0) is 37.1 Å². The lowest BCUT2D eigenvalue weighted by molar-refractivity contribution is -0.384. The SMILES string of the molecule is N#Cc1ccc(N[C@H]2CCO[C@@]3(CCSC3)C2)c([N+](=O)[O-])c1. The number of anilines is 1. The van der Waals surface area contributed by atoms with Crippen LogP contribution in [0.2, 0.25) is 0 Å². The second-order valence-electron chi connectivity index (χ2n) is 5.77. The highest BCUT2D eigenvalue weighted by molar-refractivity contribution is 7.99. The average molecular weight is 319 g/mol. The number of thioether (sulfide) groups is 1. The van der Waals surface area contributed by atoms with Gasteiger partial charge >= 0.3 is 0 Å². The van der Waals surface area contributed by atoms with Gasteiger partial charge in [-0.15, -0.1) is 0 Å². The molecule has 0 aliphatic carbocycles. The summed E-state index contributed by atoms with van der Waals surface area (Å²) < 4.78 is 5.97. The molecule has 2 atom stereocenters. The fourth-order valence-electron chi connectivity index (χ4n) is 3.11. The minimum absolute atomic E-state index is 0.0413. The van der Waals surface area contributed by atoms with E-state index in [-0.39, 0.29) is 17.3 Å². The van der Waals surface area contributed by atoms with Crippen molar-refractivity contribution in [2.75, 3.05) is 23.4 Å². The first-order chi connectivity index (χ1) is 10.6. The normalized spacial score (nSPS) is 27.5. The van der Waals surface area contributed by atoms with Crippen molar-refractivity contribution in [3.05, 3.63) is 33.9 Å². The molecule has 1 spiro atoms. The smallest absolute Gasteiger partial charge is 0.293 e. The van der Waals surface area contributed by atoms with Crippen LogP contribution in [0.4, 0.5) is 11.4 Å². The lowest BCUT2D eigenvalue weighted by atomic mass is 9.89. The van der Waals surface area contributed by atoms with Gasteiger partial charge in [0.1, 0.15) is 5.69 Å². The van der Waals surface area contributed by atoms with Crippen LogP contribution in [0.25, 0.3) is 0 Å². The van der Waals surface area contributed by atoms with E-state index in [0.717, 1.165) is 30.8 Å². The first-order valence-electron chi connectivity index (χ1n) is 7.29. The molecule has 3 rings (SSSR count). The number of nitriles is 1. The Morgan fingerprint density at radius 3 is 3.09 bits per heavy atom. The lowest BCUT2D eigenvalue weighted by Crippen LogP contribution is -2.44. The van der Waals surface area contributed by atoms with E-state index >= 15 is 0 Å². The number of rotatable bonds is 3. The molecule has 0 unspecified atom stereocenters. The summed E-state index contributed by atoms with van der Waals surface area (Å²) in [4.78, 5) is 10.8. The Balaban J connectivity index is 1.78. The van der Waals surface area contributed by atoms with E-state index < -0.39 is 4.92 Å². The van der Waals surface area contributed by atoms with Crippen molar-refractivity contribution in [1.82, 2.24) is 0 Å². The van der Waals surface area contributed by atoms with Crippen molar-refractivity contribution >= 4 is 23.1 Å². The molecule has 2 aliphatic rings. The largest absolute Gasteiger partial charge is 0.377 e. The Kier molecular flexibility index (Phi) is 4.23. The molecule has 1 aromatic carbocycles. The van der Waals surface area contributed by atoms with E-state index in [1.165, 1.54) is 6.07 Å². The van der Waals surface area contributed by atoms with Crippen LogP contribution in [0.5, 0.6) is 0 Å². The zero-order valence-electron chi connectivity index (χ0n) is 12.1. The van der Waals surface area contributed by atoms with E-state index in [0.29, 0.717) is 17.9 Å². The maximum absolute atomic E-state index is 11.2. The zero-order valence-corrected chi connectivity index (χ0v) is 12.9. The third-order valence-corrected chi connectivity index (χ3v) is 5.47. The number of nitrogens with one attached hydrogen (secondary N) is 1. The van der Waals surface area contributed by atoms with Gasteiger partial charge in [0.15, 0.2) is 0 Å². The molecular weight excluding hydrogens is 302 g/mol. The summed E-state index contributed by atoms with van der Waals surface area (Å²) in [6, 6.07) is 6.66. The van der Waals surface area contributed by atoms with Gasteiger partial charge in [0, 0.05) is 24.5 Å². The highest BCUT2D eigenvalue weighted by atomic mass is 32.2. The van der Waals surface area contributed by atoms with Crippen LogP contribution in [-0.4, -0.2) is 34.7 Å². The molecule has 0 bridgehead atoms. The summed E-state index contributed by atoms with van der Waals surface area (Å²) >= 11 is 1.90. The third-order valence-electron chi connectivity index (χ3n) is 4.24. The van der Waals surface area contributed by atoms with Gasteiger partial charge in [-0.25, -0.2) is 0 Å². The summed E-state index contributed by atoms with van der Waals surface area (Å²) in [6.07, 6.45) is 2.76. The van der Waals surface area contributed by atoms with Crippen LogP contribution in [-0.2, 0) is 4.74 Å². The molecule has 6 nitrogen and oxygen atoms in total. The van der Waals surface area contributed by atoms with Gasteiger partial charge in [0.05, 0.1) is 22.2 Å². The standard InChI is InChI=1S/C15H17N3O3S/c16-9-11-1-2-13(14(7-11)18(19)20)17-12-3-5-21-15(8-12)4-6-22-10-15/h1-2,7,12,17H,3-6,8,10H2/t12-,15-/m0/s1. The van der Waals surface area contributed by atoms with Crippen LogP contribution in [0.3, 0.4) is 0 Å². The highest BCUT2D eigenvalue weighted by Crippen LogP contribution is 2.39. The summed E-state index contributed by atoms with van der Waals surface area (Å²) in [5.74, 6) is 2.12. The predicted octanol–water partition coefficient (Wildman–Crippen LogP) is 2.93. The first-order valence-corrected chi connectivity index (χ1v) is 8.44. The van der Waals surface area contributed by atoms with E-state index in [9.17, 15) is 10.1 Å². The summed E-state index contributed by atoms with van der Waals surface area (Å²) in [5, 5.41) is 23.4. The Hall–Kier alpha value is -1.78. The van der Waals surface area contributed by atoms with E-state index in [4.69, 9.17) is 10.00 Å². The molecule has 2 fully saturated rings. The second kappa shape index (κ2) is 6.15. The van der Waals surface area contributed by atoms with Gasteiger partial charge < -0.3 is 10.1 Å². The molecule has 0 aromatic heterocycles. The van der Waals surface area contributed by atoms with Crippen molar-refractivity contribution in [3.8, 4) is 6.07 Å². The topological polar surface area (TPSA) is 88.2 Å². The number of nitrogens with zero attached hydrogens (tertiary/aromatic N) is 2. The van der Waals surface area contributed by atoms with Gasteiger partial charge in [-0.1, -0.05) is 0 Å². The molecule has 7 heteroatoms. The van der Waals surface area contributed by atoms with E-state index in [2.05, 4.69) is 5.32 Å².